The minimum atomic E-state index is -3.50. The molecule has 1 N–H and O–H groups in total. The molecule has 0 aromatic heterocycles. The fourth-order valence-corrected chi connectivity index (χ4v) is 4.55. The van der Waals surface area contributed by atoms with Crippen molar-refractivity contribution in [1.29, 1.82) is 0 Å². The van der Waals surface area contributed by atoms with Crippen LogP contribution in [0.1, 0.15) is 25.3 Å². The van der Waals surface area contributed by atoms with Crippen molar-refractivity contribution in [2.24, 2.45) is 5.92 Å². The molecule has 0 radical (unpaired) electrons. The van der Waals surface area contributed by atoms with Gasteiger partial charge in [-0.15, -0.1) is 0 Å². The second-order valence-corrected chi connectivity index (χ2v) is 9.19. The van der Waals surface area contributed by atoms with Crippen molar-refractivity contribution in [3.63, 3.8) is 0 Å². The molecule has 1 amide bonds. The molecule has 1 fully saturated rings. The second-order valence-electron chi connectivity index (χ2n) is 7.25. The average Bonchev–Trinajstić information content (AvgIpc) is 2.72. The number of carbonyl (C=O) groups is 1. The van der Waals surface area contributed by atoms with Crippen LogP contribution in [0.4, 0.5) is 4.39 Å². The lowest BCUT2D eigenvalue weighted by Gasteiger charge is -2.29. The molecule has 0 saturated carbocycles. The summed E-state index contributed by atoms with van der Waals surface area (Å²) in [5.74, 6) is 0.303. The number of halogens is 1. The summed E-state index contributed by atoms with van der Waals surface area (Å²) in [5.41, 5.74) is 0.779. The molecule has 0 aliphatic carbocycles. The third-order valence-electron chi connectivity index (χ3n) is 4.98. The van der Waals surface area contributed by atoms with Gasteiger partial charge in [0.1, 0.15) is 11.6 Å². The number of rotatable bonds is 7. The molecule has 6 nitrogen and oxygen atoms in total. The van der Waals surface area contributed by atoms with Crippen LogP contribution in [-0.4, -0.2) is 38.3 Å². The van der Waals surface area contributed by atoms with Gasteiger partial charge in [-0.05, 0) is 60.7 Å². The van der Waals surface area contributed by atoms with Crippen LogP contribution in [-0.2, 0) is 21.4 Å². The third kappa shape index (κ3) is 5.77. The fourth-order valence-electron chi connectivity index (χ4n) is 3.08. The van der Waals surface area contributed by atoms with E-state index >= 15 is 0 Å². The highest BCUT2D eigenvalue weighted by molar-refractivity contribution is 7.89. The molecule has 8 heteroatoms. The van der Waals surface area contributed by atoms with E-state index in [1.165, 1.54) is 28.6 Å². The van der Waals surface area contributed by atoms with E-state index < -0.39 is 10.0 Å². The first kappa shape index (κ1) is 21.3. The van der Waals surface area contributed by atoms with Gasteiger partial charge < -0.3 is 10.1 Å². The van der Waals surface area contributed by atoms with Crippen molar-refractivity contribution in [3.8, 4) is 5.75 Å². The van der Waals surface area contributed by atoms with Crippen LogP contribution in [0.15, 0.2) is 53.4 Å². The Morgan fingerprint density at radius 2 is 1.72 bits per heavy atom. The monoisotopic (exact) mass is 420 g/mol. The van der Waals surface area contributed by atoms with Gasteiger partial charge in [0, 0.05) is 19.6 Å². The molecule has 0 atom stereocenters. The number of nitrogens with one attached hydrogen (secondary N) is 1. The number of benzene rings is 2. The Morgan fingerprint density at radius 3 is 2.34 bits per heavy atom. The van der Waals surface area contributed by atoms with Gasteiger partial charge in [-0.3, -0.25) is 4.79 Å². The van der Waals surface area contributed by atoms with E-state index in [9.17, 15) is 17.6 Å². The molecule has 1 aliphatic rings. The number of piperidine rings is 1. The van der Waals surface area contributed by atoms with Crippen LogP contribution in [0.5, 0.6) is 5.75 Å². The van der Waals surface area contributed by atoms with E-state index in [0.717, 1.165) is 18.4 Å². The molecular formula is C21H25FN2O4S. The number of sulfonamides is 1. The Balaban J connectivity index is 1.49. The molecule has 156 valence electrons. The predicted molar refractivity (Wildman–Crippen MR) is 107 cm³/mol. The summed E-state index contributed by atoms with van der Waals surface area (Å²) < 4.78 is 45.2. The van der Waals surface area contributed by atoms with Crippen molar-refractivity contribution in [2.45, 2.75) is 31.2 Å². The van der Waals surface area contributed by atoms with Crippen molar-refractivity contribution in [1.82, 2.24) is 9.62 Å². The lowest BCUT2D eigenvalue weighted by Crippen LogP contribution is -2.37. The molecule has 1 heterocycles. The van der Waals surface area contributed by atoms with E-state index in [1.54, 1.807) is 24.3 Å². The summed E-state index contributed by atoms with van der Waals surface area (Å²) in [5, 5.41) is 2.68. The second kappa shape index (κ2) is 9.37. The van der Waals surface area contributed by atoms with Crippen molar-refractivity contribution >= 4 is 15.9 Å². The first-order chi connectivity index (χ1) is 13.8. The van der Waals surface area contributed by atoms with Crippen LogP contribution in [0, 0.1) is 11.7 Å². The van der Waals surface area contributed by atoms with Crippen molar-refractivity contribution in [3.05, 3.63) is 59.9 Å². The van der Waals surface area contributed by atoms with Gasteiger partial charge in [-0.25, -0.2) is 12.8 Å². The predicted octanol–water partition coefficient (Wildman–Crippen LogP) is 2.94. The zero-order valence-corrected chi connectivity index (χ0v) is 17.1. The molecule has 0 bridgehead atoms. The van der Waals surface area contributed by atoms with Gasteiger partial charge in [0.15, 0.2) is 6.61 Å². The van der Waals surface area contributed by atoms with Crippen molar-refractivity contribution < 1.29 is 22.3 Å². The Bertz CT molecular complexity index is 922. The van der Waals surface area contributed by atoms with Crippen LogP contribution < -0.4 is 10.1 Å². The Morgan fingerprint density at radius 1 is 1.10 bits per heavy atom. The SMILES string of the molecule is CC1CCN(S(=O)(=O)c2ccc(OCC(=O)NCc3ccc(F)cc3)cc2)CC1. The third-order valence-corrected chi connectivity index (χ3v) is 6.89. The molecular weight excluding hydrogens is 395 g/mol. The largest absolute Gasteiger partial charge is 0.484 e. The minimum absolute atomic E-state index is 0.197. The highest BCUT2D eigenvalue weighted by Gasteiger charge is 2.27. The molecule has 0 unspecified atom stereocenters. The van der Waals surface area contributed by atoms with Crippen molar-refractivity contribution in [2.75, 3.05) is 19.7 Å². The van der Waals surface area contributed by atoms with Crippen LogP contribution in [0.25, 0.3) is 0 Å². The smallest absolute Gasteiger partial charge is 0.258 e. The molecule has 2 aromatic carbocycles. The number of carbonyl (C=O) groups excluding carboxylic acids is 1. The Hall–Kier alpha value is -2.45. The molecule has 1 saturated heterocycles. The molecule has 29 heavy (non-hydrogen) atoms. The molecule has 1 aliphatic heterocycles. The van der Waals surface area contributed by atoms with Gasteiger partial charge >= 0.3 is 0 Å². The zero-order chi connectivity index (χ0) is 20.9. The lowest BCUT2D eigenvalue weighted by atomic mass is 10.0. The number of hydrogen-bond acceptors (Lipinski definition) is 4. The summed E-state index contributed by atoms with van der Waals surface area (Å²) in [7, 11) is -3.50. The lowest BCUT2D eigenvalue weighted by molar-refractivity contribution is -0.123. The highest BCUT2D eigenvalue weighted by atomic mass is 32.2. The van der Waals surface area contributed by atoms with E-state index in [4.69, 9.17) is 4.74 Å². The van der Waals surface area contributed by atoms with Gasteiger partial charge in [0.25, 0.3) is 5.91 Å². The highest BCUT2D eigenvalue weighted by Crippen LogP contribution is 2.24. The normalized spacial score (nSPS) is 15.8. The number of nitrogens with zero attached hydrogens (tertiary/aromatic N) is 1. The first-order valence-electron chi connectivity index (χ1n) is 9.59. The first-order valence-corrected chi connectivity index (χ1v) is 11.0. The van der Waals surface area contributed by atoms with Crippen LogP contribution in [0.3, 0.4) is 0 Å². The average molecular weight is 421 g/mol. The number of amides is 1. The molecule has 2 aromatic rings. The van der Waals surface area contributed by atoms with Gasteiger partial charge in [0.05, 0.1) is 4.90 Å². The quantitative estimate of drug-likeness (QED) is 0.747. The summed E-state index contributed by atoms with van der Waals surface area (Å²) in [6.07, 6.45) is 1.74. The standard InChI is InChI=1S/C21H25FN2O4S/c1-16-10-12-24(13-11-16)29(26,27)20-8-6-19(7-9-20)28-15-21(25)23-14-17-2-4-18(22)5-3-17/h2-9,16H,10-15H2,1H3,(H,23,25). The summed E-state index contributed by atoms with van der Waals surface area (Å²) in [6, 6.07) is 11.9. The van der Waals surface area contributed by atoms with Crippen LogP contribution >= 0.6 is 0 Å². The van der Waals surface area contributed by atoms with Gasteiger partial charge in [-0.1, -0.05) is 19.1 Å². The van der Waals surface area contributed by atoms with E-state index in [0.29, 0.717) is 24.8 Å². The Labute approximate surface area is 170 Å². The maximum absolute atomic E-state index is 12.9. The fraction of sp³-hybridized carbons (Fsp3) is 0.381. The van der Waals surface area contributed by atoms with Gasteiger partial charge in [0.2, 0.25) is 10.0 Å². The van der Waals surface area contributed by atoms with E-state index in [1.807, 2.05) is 0 Å². The van der Waals surface area contributed by atoms with Gasteiger partial charge in [-0.2, -0.15) is 4.31 Å². The summed E-state index contributed by atoms with van der Waals surface area (Å²) in [4.78, 5) is 12.1. The topological polar surface area (TPSA) is 75.7 Å². The molecule has 3 rings (SSSR count). The number of hydrogen-bond donors (Lipinski definition) is 1. The minimum Gasteiger partial charge on any atom is -0.484 e. The van der Waals surface area contributed by atoms with E-state index in [2.05, 4.69) is 12.2 Å². The summed E-state index contributed by atoms with van der Waals surface area (Å²) >= 11 is 0. The zero-order valence-electron chi connectivity index (χ0n) is 16.3. The van der Waals surface area contributed by atoms with Crippen LogP contribution in [0.2, 0.25) is 0 Å². The maximum atomic E-state index is 12.9. The summed E-state index contributed by atoms with van der Waals surface area (Å²) in [6.45, 7) is 3.28. The van der Waals surface area contributed by atoms with E-state index in [-0.39, 0.29) is 29.8 Å². The Kier molecular flexibility index (Phi) is 6.87. The maximum Gasteiger partial charge on any atom is 0.258 e. The molecule has 0 spiro atoms. The number of ether oxygens (including phenoxy) is 1.